The second kappa shape index (κ2) is 4.38. The van der Waals surface area contributed by atoms with Crippen LogP contribution < -0.4 is 0 Å². The van der Waals surface area contributed by atoms with Gasteiger partial charge in [-0.1, -0.05) is 27.2 Å². The largest absolute Gasteiger partial charge is 0.332 e. The van der Waals surface area contributed by atoms with Crippen LogP contribution in [0.5, 0.6) is 0 Å². The predicted octanol–water partition coefficient (Wildman–Crippen LogP) is 2.98. The molecule has 2 heteroatoms. The van der Waals surface area contributed by atoms with Crippen molar-refractivity contribution >= 4 is 0 Å². The lowest BCUT2D eigenvalue weighted by atomic mass is 10.0. The summed E-state index contributed by atoms with van der Waals surface area (Å²) in [4.78, 5) is 4.82. The fourth-order valence-electron chi connectivity index (χ4n) is 2.61. The highest BCUT2D eigenvalue weighted by Gasteiger charge is 2.21. The Bertz CT molecular complexity index is 328. The molecular weight excluding hydrogens is 184 g/mol. The van der Waals surface area contributed by atoms with E-state index in [-0.39, 0.29) is 0 Å². The lowest BCUT2D eigenvalue weighted by Gasteiger charge is -2.21. The molecule has 1 aromatic rings. The molecule has 0 amide bonds. The number of imidazole rings is 1. The molecule has 0 spiro atoms. The molecule has 0 saturated carbocycles. The maximum absolute atomic E-state index is 4.82. The van der Waals surface area contributed by atoms with Gasteiger partial charge in [0.25, 0.3) is 0 Å². The lowest BCUT2D eigenvalue weighted by molar-refractivity contribution is 0.403. The Kier molecular flexibility index (Phi) is 3.13. The van der Waals surface area contributed by atoms with E-state index in [1.165, 1.54) is 43.0 Å². The van der Waals surface area contributed by atoms with Gasteiger partial charge in [-0.05, 0) is 25.2 Å². The van der Waals surface area contributed by atoms with Gasteiger partial charge in [-0.2, -0.15) is 0 Å². The first-order valence-electron chi connectivity index (χ1n) is 6.33. The highest BCUT2D eigenvalue weighted by molar-refractivity contribution is 5.19. The third-order valence-corrected chi connectivity index (χ3v) is 3.43. The molecule has 0 N–H and O–H groups in total. The second-order valence-electron chi connectivity index (χ2n) is 4.77. The van der Waals surface area contributed by atoms with Crippen molar-refractivity contribution in [2.45, 2.75) is 59.4 Å². The molecule has 1 aliphatic rings. The van der Waals surface area contributed by atoms with E-state index in [9.17, 15) is 0 Å². The molecule has 1 atom stereocenters. The first-order chi connectivity index (χ1) is 7.26. The summed E-state index contributed by atoms with van der Waals surface area (Å²) in [6, 6.07) is 0. The van der Waals surface area contributed by atoms with Gasteiger partial charge in [-0.25, -0.2) is 4.98 Å². The summed E-state index contributed by atoms with van der Waals surface area (Å²) in [5, 5.41) is 0. The van der Waals surface area contributed by atoms with Gasteiger partial charge in [0.05, 0.1) is 5.69 Å². The standard InChI is InChI=1S/C13H22N2/c1-4-6-11-12(5-2)15-8-7-10(3)9-13(15)14-11/h10H,4-9H2,1-3H3. The molecule has 0 aliphatic carbocycles. The van der Waals surface area contributed by atoms with Crippen molar-refractivity contribution in [3.63, 3.8) is 0 Å². The summed E-state index contributed by atoms with van der Waals surface area (Å²) >= 11 is 0. The van der Waals surface area contributed by atoms with Gasteiger partial charge in [0, 0.05) is 18.7 Å². The van der Waals surface area contributed by atoms with Crippen LogP contribution in [0.25, 0.3) is 0 Å². The molecule has 0 fully saturated rings. The Hall–Kier alpha value is -0.790. The second-order valence-corrected chi connectivity index (χ2v) is 4.77. The van der Waals surface area contributed by atoms with Crippen LogP contribution in [-0.4, -0.2) is 9.55 Å². The number of fused-ring (bicyclic) bond motifs is 1. The van der Waals surface area contributed by atoms with E-state index < -0.39 is 0 Å². The molecule has 0 radical (unpaired) electrons. The van der Waals surface area contributed by atoms with Crippen LogP contribution >= 0.6 is 0 Å². The molecule has 0 aromatic carbocycles. The number of aryl methyl sites for hydroxylation is 1. The van der Waals surface area contributed by atoms with Crippen LogP contribution in [0.15, 0.2) is 0 Å². The number of rotatable bonds is 3. The molecule has 0 bridgehead atoms. The average Bonchev–Trinajstić information content (AvgIpc) is 2.54. The minimum Gasteiger partial charge on any atom is -0.332 e. The van der Waals surface area contributed by atoms with Gasteiger partial charge in [0.1, 0.15) is 5.82 Å². The van der Waals surface area contributed by atoms with Crippen LogP contribution in [0.3, 0.4) is 0 Å². The van der Waals surface area contributed by atoms with E-state index in [0.717, 1.165) is 18.8 Å². The Labute approximate surface area is 92.7 Å². The Morgan fingerprint density at radius 3 is 2.87 bits per heavy atom. The Morgan fingerprint density at radius 1 is 1.40 bits per heavy atom. The third-order valence-electron chi connectivity index (χ3n) is 3.43. The molecule has 1 aromatic heterocycles. The molecule has 1 aliphatic heterocycles. The molecular formula is C13H22N2. The topological polar surface area (TPSA) is 17.8 Å². The first kappa shape index (κ1) is 10.7. The van der Waals surface area contributed by atoms with E-state index in [2.05, 4.69) is 25.3 Å². The zero-order valence-corrected chi connectivity index (χ0v) is 10.2. The minimum absolute atomic E-state index is 0.819. The van der Waals surface area contributed by atoms with Crippen LogP contribution in [0.2, 0.25) is 0 Å². The highest BCUT2D eigenvalue weighted by Crippen LogP contribution is 2.24. The van der Waals surface area contributed by atoms with Crippen LogP contribution in [0, 0.1) is 5.92 Å². The maximum atomic E-state index is 4.82. The van der Waals surface area contributed by atoms with E-state index >= 15 is 0 Å². The zero-order chi connectivity index (χ0) is 10.8. The number of aromatic nitrogens is 2. The smallest absolute Gasteiger partial charge is 0.109 e. The van der Waals surface area contributed by atoms with E-state index in [1.54, 1.807) is 0 Å². The fraction of sp³-hybridized carbons (Fsp3) is 0.769. The Balaban J connectivity index is 2.34. The average molecular weight is 206 g/mol. The van der Waals surface area contributed by atoms with Gasteiger partial charge in [-0.3, -0.25) is 0 Å². The van der Waals surface area contributed by atoms with Crippen molar-refractivity contribution in [1.29, 1.82) is 0 Å². The Morgan fingerprint density at radius 2 is 2.20 bits per heavy atom. The van der Waals surface area contributed by atoms with Crippen LogP contribution in [0.1, 0.15) is 50.8 Å². The summed E-state index contributed by atoms with van der Waals surface area (Å²) in [6.07, 6.45) is 5.99. The number of hydrogen-bond donors (Lipinski definition) is 0. The quantitative estimate of drug-likeness (QED) is 0.743. The van der Waals surface area contributed by atoms with E-state index in [0.29, 0.717) is 0 Å². The summed E-state index contributed by atoms with van der Waals surface area (Å²) in [5.74, 6) is 2.16. The summed E-state index contributed by atoms with van der Waals surface area (Å²) in [5.41, 5.74) is 2.86. The molecule has 15 heavy (non-hydrogen) atoms. The monoisotopic (exact) mass is 206 g/mol. The van der Waals surface area contributed by atoms with Crippen molar-refractivity contribution in [1.82, 2.24) is 9.55 Å². The highest BCUT2D eigenvalue weighted by atomic mass is 15.1. The van der Waals surface area contributed by atoms with E-state index in [4.69, 9.17) is 4.98 Å². The molecule has 2 rings (SSSR count). The van der Waals surface area contributed by atoms with Crippen molar-refractivity contribution in [2.75, 3.05) is 0 Å². The maximum Gasteiger partial charge on any atom is 0.109 e. The minimum atomic E-state index is 0.819. The number of hydrogen-bond acceptors (Lipinski definition) is 1. The zero-order valence-electron chi connectivity index (χ0n) is 10.2. The van der Waals surface area contributed by atoms with E-state index in [1.807, 2.05) is 0 Å². The molecule has 2 heterocycles. The predicted molar refractivity (Wildman–Crippen MR) is 63.1 cm³/mol. The summed E-state index contributed by atoms with van der Waals surface area (Å²) in [7, 11) is 0. The van der Waals surface area contributed by atoms with Crippen LogP contribution in [-0.2, 0) is 25.8 Å². The van der Waals surface area contributed by atoms with Gasteiger partial charge in [0.2, 0.25) is 0 Å². The van der Waals surface area contributed by atoms with Gasteiger partial charge >= 0.3 is 0 Å². The fourth-order valence-corrected chi connectivity index (χ4v) is 2.61. The third kappa shape index (κ3) is 1.95. The van der Waals surface area contributed by atoms with Crippen molar-refractivity contribution in [3.05, 3.63) is 17.2 Å². The molecule has 0 saturated heterocycles. The summed E-state index contributed by atoms with van der Waals surface area (Å²) in [6.45, 7) is 8.02. The van der Waals surface area contributed by atoms with Crippen molar-refractivity contribution in [2.24, 2.45) is 5.92 Å². The SMILES string of the molecule is CCCc1nc2n(c1CC)CCC(C)C2. The van der Waals surface area contributed by atoms with Gasteiger partial charge < -0.3 is 4.57 Å². The van der Waals surface area contributed by atoms with Gasteiger partial charge in [0.15, 0.2) is 0 Å². The van der Waals surface area contributed by atoms with Gasteiger partial charge in [-0.15, -0.1) is 0 Å². The molecule has 1 unspecified atom stereocenters. The van der Waals surface area contributed by atoms with Crippen LogP contribution in [0.4, 0.5) is 0 Å². The van der Waals surface area contributed by atoms with Crippen molar-refractivity contribution < 1.29 is 0 Å². The number of nitrogens with zero attached hydrogens (tertiary/aromatic N) is 2. The lowest BCUT2D eigenvalue weighted by Crippen LogP contribution is -2.18. The first-order valence-corrected chi connectivity index (χ1v) is 6.33. The summed E-state index contributed by atoms with van der Waals surface area (Å²) < 4.78 is 2.48. The molecule has 84 valence electrons. The van der Waals surface area contributed by atoms with Crippen molar-refractivity contribution in [3.8, 4) is 0 Å². The normalized spacial score (nSPS) is 20.3. The molecule has 2 nitrogen and oxygen atoms in total.